The first-order valence-electron chi connectivity index (χ1n) is 10.7. The summed E-state index contributed by atoms with van der Waals surface area (Å²) >= 11 is 0. The third kappa shape index (κ3) is 5.71. The van der Waals surface area contributed by atoms with Gasteiger partial charge in [-0.05, 0) is 45.0 Å². The van der Waals surface area contributed by atoms with Gasteiger partial charge in [0.15, 0.2) is 11.5 Å². The highest BCUT2D eigenvalue weighted by Crippen LogP contribution is 2.41. The fourth-order valence-electron chi connectivity index (χ4n) is 3.48. The van der Waals surface area contributed by atoms with Gasteiger partial charge in [0.05, 0.1) is 25.5 Å². The average molecular weight is 432 g/mol. The van der Waals surface area contributed by atoms with Crippen molar-refractivity contribution in [3.63, 3.8) is 0 Å². The van der Waals surface area contributed by atoms with Gasteiger partial charge in [0, 0.05) is 44.0 Å². The summed E-state index contributed by atoms with van der Waals surface area (Å²) in [5.74, 6) is 1.35. The highest BCUT2D eigenvalue weighted by Gasteiger charge is 2.23. The molecule has 0 bridgehead atoms. The van der Waals surface area contributed by atoms with E-state index in [0.717, 1.165) is 5.69 Å². The number of carbonyl (C=O) groups is 1. The van der Waals surface area contributed by atoms with Crippen LogP contribution in [0.3, 0.4) is 0 Å². The Bertz CT molecular complexity index is 841. The van der Waals surface area contributed by atoms with Gasteiger partial charge in [-0.1, -0.05) is 0 Å². The van der Waals surface area contributed by atoms with E-state index in [-0.39, 0.29) is 11.8 Å². The molecule has 168 valence electrons. The lowest BCUT2D eigenvalue weighted by molar-refractivity contribution is 0.208. The first-order chi connectivity index (χ1) is 15.0. The van der Waals surface area contributed by atoms with Gasteiger partial charge in [-0.15, -0.1) is 0 Å². The molecule has 8 heteroatoms. The van der Waals surface area contributed by atoms with E-state index in [1.165, 1.54) is 12.1 Å². The molecule has 2 amide bonds. The van der Waals surface area contributed by atoms with E-state index in [2.05, 4.69) is 10.2 Å². The third-order valence-corrected chi connectivity index (χ3v) is 4.92. The molecule has 1 fully saturated rings. The van der Waals surface area contributed by atoms with E-state index in [9.17, 15) is 9.18 Å². The van der Waals surface area contributed by atoms with Crippen LogP contribution in [0.25, 0.3) is 0 Å². The van der Waals surface area contributed by atoms with Crippen LogP contribution in [0.4, 0.5) is 20.6 Å². The lowest BCUT2D eigenvalue weighted by Crippen LogP contribution is -2.50. The normalized spacial score (nSPS) is 13.7. The van der Waals surface area contributed by atoms with Gasteiger partial charge in [0.1, 0.15) is 5.82 Å². The standard InChI is InChI=1S/C23H30FN3O4/c1-4-29-20-15-18(16-21(30-5-2)22(20)31-6-3)25-23(28)27-13-11-26(12-14-27)19-9-7-17(24)8-10-19/h7-10,15-16H,4-6,11-14H2,1-3H3,(H,25,28). The molecule has 0 atom stereocenters. The van der Waals surface area contributed by atoms with Crippen molar-refractivity contribution >= 4 is 17.4 Å². The molecule has 3 rings (SSSR count). The van der Waals surface area contributed by atoms with Crippen molar-refractivity contribution in [2.75, 3.05) is 56.2 Å². The Kier molecular flexibility index (Phi) is 7.81. The van der Waals surface area contributed by atoms with Gasteiger partial charge in [-0.2, -0.15) is 0 Å². The Hall–Kier alpha value is -3.16. The molecule has 1 aliphatic rings. The van der Waals surface area contributed by atoms with Crippen LogP contribution in [0.1, 0.15) is 20.8 Å². The molecule has 0 unspecified atom stereocenters. The molecule has 1 heterocycles. The molecular weight excluding hydrogens is 401 g/mol. The van der Waals surface area contributed by atoms with Gasteiger partial charge >= 0.3 is 6.03 Å². The van der Waals surface area contributed by atoms with E-state index in [0.29, 0.717) is 68.9 Å². The van der Waals surface area contributed by atoms with Crippen molar-refractivity contribution < 1.29 is 23.4 Å². The number of halogens is 1. The highest BCUT2D eigenvalue weighted by molar-refractivity contribution is 5.90. The Morgan fingerprint density at radius 3 is 1.97 bits per heavy atom. The van der Waals surface area contributed by atoms with Gasteiger partial charge in [0.2, 0.25) is 5.75 Å². The largest absolute Gasteiger partial charge is 0.490 e. The molecular formula is C23H30FN3O4. The zero-order chi connectivity index (χ0) is 22.2. The fraction of sp³-hybridized carbons (Fsp3) is 0.435. The highest BCUT2D eigenvalue weighted by atomic mass is 19.1. The van der Waals surface area contributed by atoms with Crippen molar-refractivity contribution in [2.24, 2.45) is 0 Å². The smallest absolute Gasteiger partial charge is 0.321 e. The van der Waals surface area contributed by atoms with Gasteiger partial charge < -0.3 is 29.3 Å². The van der Waals surface area contributed by atoms with Crippen LogP contribution in [-0.4, -0.2) is 56.9 Å². The molecule has 0 aromatic heterocycles. The second-order valence-corrected chi connectivity index (χ2v) is 6.98. The summed E-state index contributed by atoms with van der Waals surface area (Å²) in [6, 6.07) is 9.74. The maximum absolute atomic E-state index is 13.1. The number of hydrogen-bond acceptors (Lipinski definition) is 5. The monoisotopic (exact) mass is 431 g/mol. The molecule has 1 aliphatic heterocycles. The van der Waals surface area contributed by atoms with Crippen molar-refractivity contribution in [3.05, 3.63) is 42.2 Å². The molecule has 2 aromatic carbocycles. The van der Waals surface area contributed by atoms with Crippen LogP contribution in [0.2, 0.25) is 0 Å². The molecule has 2 aromatic rings. The second kappa shape index (κ2) is 10.7. The molecule has 7 nitrogen and oxygen atoms in total. The number of nitrogens with one attached hydrogen (secondary N) is 1. The Labute approximate surface area is 182 Å². The van der Waals surface area contributed by atoms with Gasteiger partial charge in [-0.3, -0.25) is 0 Å². The van der Waals surface area contributed by atoms with Crippen LogP contribution in [0.15, 0.2) is 36.4 Å². The van der Waals surface area contributed by atoms with Gasteiger partial charge in [0.25, 0.3) is 0 Å². The summed E-state index contributed by atoms with van der Waals surface area (Å²) in [5, 5.41) is 2.94. The van der Waals surface area contributed by atoms with Crippen LogP contribution in [0, 0.1) is 5.82 Å². The minimum Gasteiger partial charge on any atom is -0.490 e. The maximum Gasteiger partial charge on any atom is 0.321 e. The molecule has 0 radical (unpaired) electrons. The van der Waals surface area contributed by atoms with Crippen molar-refractivity contribution in [1.29, 1.82) is 0 Å². The Morgan fingerprint density at radius 2 is 1.45 bits per heavy atom. The van der Waals surface area contributed by atoms with Crippen LogP contribution < -0.4 is 24.4 Å². The van der Waals surface area contributed by atoms with E-state index < -0.39 is 0 Å². The van der Waals surface area contributed by atoms with Crippen molar-refractivity contribution in [1.82, 2.24) is 4.90 Å². The van der Waals surface area contributed by atoms with E-state index in [1.807, 2.05) is 20.8 Å². The fourth-order valence-corrected chi connectivity index (χ4v) is 3.48. The van der Waals surface area contributed by atoms with Crippen molar-refractivity contribution in [3.8, 4) is 17.2 Å². The zero-order valence-electron chi connectivity index (χ0n) is 18.3. The first-order valence-corrected chi connectivity index (χ1v) is 10.7. The quantitative estimate of drug-likeness (QED) is 0.672. The number of rotatable bonds is 8. The maximum atomic E-state index is 13.1. The topological polar surface area (TPSA) is 63.3 Å². The number of urea groups is 1. The second-order valence-electron chi connectivity index (χ2n) is 6.98. The molecule has 0 spiro atoms. The number of hydrogen-bond donors (Lipinski definition) is 1. The summed E-state index contributed by atoms with van der Waals surface area (Å²) in [6.45, 7) is 9.57. The number of carbonyl (C=O) groups excluding carboxylic acids is 1. The van der Waals surface area contributed by atoms with Gasteiger partial charge in [-0.25, -0.2) is 9.18 Å². The predicted octanol–water partition coefficient (Wildman–Crippen LogP) is 4.38. The lowest BCUT2D eigenvalue weighted by atomic mass is 10.2. The first kappa shape index (κ1) is 22.5. The number of nitrogens with zero attached hydrogens (tertiary/aromatic N) is 2. The summed E-state index contributed by atoms with van der Waals surface area (Å²) in [7, 11) is 0. The molecule has 0 aliphatic carbocycles. The molecule has 0 saturated carbocycles. The molecule has 31 heavy (non-hydrogen) atoms. The number of amides is 2. The predicted molar refractivity (Wildman–Crippen MR) is 119 cm³/mol. The number of ether oxygens (including phenoxy) is 3. The van der Waals surface area contributed by atoms with E-state index in [4.69, 9.17) is 14.2 Å². The summed E-state index contributed by atoms with van der Waals surface area (Å²) in [5.41, 5.74) is 1.54. The Morgan fingerprint density at radius 1 is 0.903 bits per heavy atom. The van der Waals surface area contributed by atoms with Crippen LogP contribution in [-0.2, 0) is 0 Å². The zero-order valence-corrected chi connectivity index (χ0v) is 18.3. The van der Waals surface area contributed by atoms with Crippen LogP contribution >= 0.6 is 0 Å². The number of anilines is 2. The average Bonchev–Trinajstić information content (AvgIpc) is 2.77. The van der Waals surface area contributed by atoms with Crippen molar-refractivity contribution in [2.45, 2.75) is 20.8 Å². The minimum absolute atomic E-state index is 0.187. The Balaban J connectivity index is 1.67. The minimum atomic E-state index is -0.255. The molecule has 1 N–H and O–H groups in total. The molecule has 1 saturated heterocycles. The number of piperazine rings is 1. The lowest BCUT2D eigenvalue weighted by Gasteiger charge is -2.36. The number of benzene rings is 2. The van der Waals surface area contributed by atoms with Crippen LogP contribution in [0.5, 0.6) is 17.2 Å². The summed E-state index contributed by atoms with van der Waals surface area (Å²) in [6.07, 6.45) is 0. The third-order valence-electron chi connectivity index (χ3n) is 4.92. The summed E-state index contributed by atoms with van der Waals surface area (Å²) < 4.78 is 30.3. The summed E-state index contributed by atoms with van der Waals surface area (Å²) in [4.78, 5) is 16.7. The van der Waals surface area contributed by atoms with E-state index in [1.54, 1.807) is 29.2 Å². The SMILES string of the molecule is CCOc1cc(NC(=O)N2CCN(c3ccc(F)cc3)CC2)cc(OCC)c1OCC. The van der Waals surface area contributed by atoms with E-state index >= 15 is 0 Å².